The topological polar surface area (TPSA) is 46.2 Å². The second-order valence-corrected chi connectivity index (χ2v) is 8.19. The summed E-state index contributed by atoms with van der Waals surface area (Å²) in [6.07, 6.45) is 1.50. The zero-order valence-electron chi connectivity index (χ0n) is 12.5. The van der Waals surface area contributed by atoms with E-state index in [1.165, 1.54) is 0 Å². The van der Waals surface area contributed by atoms with Crippen molar-refractivity contribution in [3.8, 4) is 0 Å². The number of halogens is 3. The Morgan fingerprint density at radius 1 is 1.19 bits per heavy atom. The summed E-state index contributed by atoms with van der Waals surface area (Å²) in [6, 6.07) is 1.41. The minimum Gasteiger partial charge on any atom is -0.305 e. The first-order valence-electron chi connectivity index (χ1n) is 6.51. The zero-order valence-corrected chi connectivity index (χ0v) is 13.3. The number of rotatable bonds is 6. The molecule has 0 saturated carbocycles. The largest absolute Gasteiger partial charge is 0.305 e. The van der Waals surface area contributed by atoms with Crippen LogP contribution in [-0.2, 0) is 9.84 Å². The Hall–Kier alpha value is -1.08. The lowest BCUT2D eigenvalue weighted by Gasteiger charge is -2.30. The van der Waals surface area contributed by atoms with Crippen LogP contribution in [0.15, 0.2) is 12.1 Å². The summed E-state index contributed by atoms with van der Waals surface area (Å²) in [5, 5.41) is 3.10. The molecule has 0 heterocycles. The van der Waals surface area contributed by atoms with E-state index in [9.17, 15) is 21.6 Å². The van der Waals surface area contributed by atoms with Crippen LogP contribution in [0.3, 0.4) is 0 Å². The highest BCUT2D eigenvalue weighted by atomic mass is 32.2. The van der Waals surface area contributed by atoms with E-state index in [0.29, 0.717) is 6.42 Å². The summed E-state index contributed by atoms with van der Waals surface area (Å²) >= 11 is 0. The van der Waals surface area contributed by atoms with E-state index in [-0.39, 0.29) is 11.3 Å². The van der Waals surface area contributed by atoms with E-state index >= 15 is 0 Å². The van der Waals surface area contributed by atoms with Crippen molar-refractivity contribution >= 4 is 9.84 Å². The third kappa shape index (κ3) is 5.67. The summed E-state index contributed by atoms with van der Waals surface area (Å²) < 4.78 is 61.7. The molecule has 0 spiro atoms. The van der Waals surface area contributed by atoms with Crippen molar-refractivity contribution < 1.29 is 21.6 Å². The molecule has 0 fully saturated rings. The lowest BCUT2D eigenvalue weighted by atomic mass is 9.98. The van der Waals surface area contributed by atoms with Gasteiger partial charge in [-0.05, 0) is 44.9 Å². The number of nitrogens with one attached hydrogen (secondary N) is 1. The van der Waals surface area contributed by atoms with Crippen molar-refractivity contribution in [1.29, 1.82) is 0 Å². The average molecular weight is 323 g/mol. The minimum atomic E-state index is -3.09. The molecule has 1 atom stereocenters. The van der Waals surface area contributed by atoms with Crippen LogP contribution in [0.5, 0.6) is 0 Å². The molecule has 1 aromatic rings. The predicted molar refractivity (Wildman–Crippen MR) is 76.3 cm³/mol. The summed E-state index contributed by atoms with van der Waals surface area (Å²) in [5.74, 6) is -3.98. The van der Waals surface area contributed by atoms with Crippen LogP contribution < -0.4 is 5.32 Å². The molecule has 0 aliphatic rings. The van der Waals surface area contributed by atoms with Gasteiger partial charge in [0.05, 0.1) is 5.75 Å². The Bertz CT molecular complexity index is 592. The van der Waals surface area contributed by atoms with Crippen LogP contribution in [0, 0.1) is 17.5 Å². The Balaban J connectivity index is 2.82. The molecule has 21 heavy (non-hydrogen) atoms. The van der Waals surface area contributed by atoms with Gasteiger partial charge >= 0.3 is 0 Å². The molecule has 0 aliphatic heterocycles. The van der Waals surface area contributed by atoms with Crippen molar-refractivity contribution in [3.63, 3.8) is 0 Å². The third-order valence-corrected chi connectivity index (χ3v) is 4.16. The van der Waals surface area contributed by atoms with E-state index in [1.54, 1.807) is 20.8 Å². The van der Waals surface area contributed by atoms with E-state index in [0.717, 1.165) is 18.4 Å². The Kier molecular flexibility index (Phi) is 5.44. The molecule has 0 bridgehead atoms. The van der Waals surface area contributed by atoms with Crippen LogP contribution in [0.1, 0.15) is 38.8 Å². The highest BCUT2D eigenvalue weighted by molar-refractivity contribution is 7.90. The quantitative estimate of drug-likeness (QED) is 0.819. The lowest BCUT2D eigenvalue weighted by Crippen LogP contribution is -2.42. The predicted octanol–water partition coefficient (Wildman–Crippen LogP) is 2.97. The van der Waals surface area contributed by atoms with Gasteiger partial charge < -0.3 is 5.32 Å². The minimum absolute atomic E-state index is 0.00581. The standard InChI is InChI=1S/C14H20F3NO2S/c1-9(10-7-11(15)13(17)12(16)8-10)18-14(2,3)5-6-21(4,19)20/h7-9,18H,5-6H2,1-4H3/t9-/m1/s1. The van der Waals surface area contributed by atoms with Crippen LogP contribution in [0.4, 0.5) is 13.2 Å². The van der Waals surface area contributed by atoms with Crippen molar-refractivity contribution in [2.24, 2.45) is 0 Å². The normalized spacial score (nSPS) is 14.2. The summed E-state index contributed by atoms with van der Waals surface area (Å²) in [6.45, 7) is 5.27. The molecular formula is C14H20F3NO2S. The highest BCUT2D eigenvalue weighted by Crippen LogP contribution is 2.22. The first kappa shape index (κ1) is 18.0. The molecule has 0 amide bonds. The molecule has 120 valence electrons. The summed E-state index contributed by atoms with van der Waals surface area (Å²) in [4.78, 5) is 0. The molecule has 3 nitrogen and oxygen atoms in total. The fourth-order valence-corrected chi connectivity index (χ4v) is 2.89. The molecule has 0 unspecified atom stereocenters. The van der Waals surface area contributed by atoms with Gasteiger partial charge in [0.25, 0.3) is 0 Å². The van der Waals surface area contributed by atoms with Gasteiger partial charge in [0, 0.05) is 17.8 Å². The zero-order chi connectivity index (χ0) is 16.4. The van der Waals surface area contributed by atoms with Crippen molar-refractivity contribution in [3.05, 3.63) is 35.1 Å². The number of hydrogen-bond donors (Lipinski definition) is 1. The van der Waals surface area contributed by atoms with Gasteiger partial charge in [0.2, 0.25) is 0 Å². The van der Waals surface area contributed by atoms with E-state index in [4.69, 9.17) is 0 Å². The molecule has 0 aliphatic carbocycles. The molecule has 1 rings (SSSR count). The number of benzene rings is 1. The van der Waals surface area contributed by atoms with Crippen LogP contribution in [0.2, 0.25) is 0 Å². The van der Waals surface area contributed by atoms with Gasteiger partial charge in [-0.2, -0.15) is 0 Å². The highest BCUT2D eigenvalue weighted by Gasteiger charge is 2.23. The van der Waals surface area contributed by atoms with Crippen LogP contribution >= 0.6 is 0 Å². The first-order valence-corrected chi connectivity index (χ1v) is 8.57. The molecule has 1 aromatic carbocycles. The molecule has 1 N–H and O–H groups in total. The molecule has 7 heteroatoms. The van der Waals surface area contributed by atoms with Crippen molar-refractivity contribution in [2.75, 3.05) is 12.0 Å². The van der Waals surface area contributed by atoms with E-state index in [2.05, 4.69) is 5.32 Å². The fraction of sp³-hybridized carbons (Fsp3) is 0.571. The number of hydrogen-bond acceptors (Lipinski definition) is 3. The smallest absolute Gasteiger partial charge is 0.194 e. The average Bonchev–Trinajstić information content (AvgIpc) is 2.31. The van der Waals surface area contributed by atoms with Gasteiger partial charge in [-0.1, -0.05) is 0 Å². The Morgan fingerprint density at radius 2 is 1.67 bits per heavy atom. The Morgan fingerprint density at radius 3 is 2.10 bits per heavy atom. The van der Waals surface area contributed by atoms with Gasteiger partial charge in [-0.25, -0.2) is 21.6 Å². The molecule has 0 aromatic heterocycles. The van der Waals surface area contributed by atoms with Crippen molar-refractivity contribution in [2.45, 2.75) is 38.8 Å². The molecular weight excluding hydrogens is 303 g/mol. The number of sulfone groups is 1. The van der Waals surface area contributed by atoms with Crippen LogP contribution in [0.25, 0.3) is 0 Å². The SMILES string of the molecule is C[C@@H](NC(C)(C)CCS(C)(=O)=O)c1cc(F)c(F)c(F)c1. The maximum Gasteiger partial charge on any atom is 0.194 e. The van der Waals surface area contributed by atoms with E-state index < -0.39 is 38.9 Å². The second-order valence-electron chi connectivity index (χ2n) is 5.93. The molecule has 0 saturated heterocycles. The maximum atomic E-state index is 13.2. The first-order chi connectivity index (χ1) is 9.41. The van der Waals surface area contributed by atoms with Gasteiger partial charge in [-0.3, -0.25) is 0 Å². The monoisotopic (exact) mass is 323 g/mol. The third-order valence-electron chi connectivity index (χ3n) is 3.21. The van der Waals surface area contributed by atoms with Gasteiger partial charge in [-0.15, -0.1) is 0 Å². The Labute approximate surface area is 123 Å². The fourth-order valence-electron chi connectivity index (χ4n) is 2.01. The summed E-state index contributed by atoms with van der Waals surface area (Å²) in [5.41, 5.74) is -0.289. The van der Waals surface area contributed by atoms with Crippen LogP contribution in [-0.4, -0.2) is 26.0 Å². The maximum absolute atomic E-state index is 13.2. The summed E-state index contributed by atoms with van der Waals surface area (Å²) in [7, 11) is -3.09. The lowest BCUT2D eigenvalue weighted by molar-refractivity contribution is 0.336. The van der Waals surface area contributed by atoms with Crippen molar-refractivity contribution in [1.82, 2.24) is 5.32 Å². The molecule has 0 radical (unpaired) electrons. The van der Waals surface area contributed by atoms with Gasteiger partial charge in [0.15, 0.2) is 17.5 Å². The van der Waals surface area contributed by atoms with Gasteiger partial charge in [0.1, 0.15) is 9.84 Å². The second kappa shape index (κ2) is 6.36. The van der Waals surface area contributed by atoms with E-state index in [1.807, 2.05) is 0 Å².